The van der Waals surface area contributed by atoms with E-state index in [4.69, 9.17) is 9.84 Å². The van der Waals surface area contributed by atoms with E-state index in [0.717, 1.165) is 0 Å². The second kappa shape index (κ2) is 8.16. The summed E-state index contributed by atoms with van der Waals surface area (Å²) in [6.07, 6.45) is 1.91. The largest absolute Gasteiger partial charge is 0.396 e. The lowest BCUT2D eigenvalue weighted by Crippen LogP contribution is -2.42. The average Bonchev–Trinajstić information content (AvgIpc) is 2.77. The predicted octanol–water partition coefficient (Wildman–Crippen LogP) is -1.71. The first-order valence-corrected chi connectivity index (χ1v) is 5.72. The van der Waals surface area contributed by atoms with Crippen molar-refractivity contribution < 1.29 is 19.4 Å². The Hall–Kier alpha value is -2.00. The maximum atomic E-state index is 11.5. The van der Waals surface area contributed by atoms with E-state index >= 15 is 0 Å². The smallest absolute Gasteiger partial charge is 0.321 e. The molecule has 1 aromatic heterocycles. The third-order valence-electron chi connectivity index (χ3n) is 2.10. The summed E-state index contributed by atoms with van der Waals surface area (Å²) in [4.78, 5) is 22.7. The quantitative estimate of drug-likeness (QED) is 0.508. The second-order valence-corrected chi connectivity index (χ2v) is 3.68. The Kier molecular flexibility index (Phi) is 6.47. The van der Waals surface area contributed by atoms with Gasteiger partial charge in [0.1, 0.15) is 6.54 Å². The minimum atomic E-state index is -0.585. The number of amides is 3. The molecule has 0 radical (unpaired) electrons. The Morgan fingerprint density at radius 3 is 3.00 bits per heavy atom. The Morgan fingerprint density at radius 1 is 1.53 bits per heavy atom. The summed E-state index contributed by atoms with van der Waals surface area (Å²) in [7, 11) is 1.51. The van der Waals surface area contributed by atoms with Crippen LogP contribution < -0.4 is 10.6 Å². The van der Waals surface area contributed by atoms with Crippen LogP contribution in [0, 0.1) is 0 Å². The fraction of sp³-hybridized carbons (Fsp3) is 0.600. The van der Waals surface area contributed by atoms with E-state index < -0.39 is 11.9 Å². The molecule has 0 unspecified atom stereocenters. The number of ether oxygens (including phenoxy) is 1. The normalized spacial score (nSPS) is 10.2. The van der Waals surface area contributed by atoms with Gasteiger partial charge < -0.3 is 15.2 Å². The third-order valence-corrected chi connectivity index (χ3v) is 2.10. The van der Waals surface area contributed by atoms with Crippen LogP contribution in [0.25, 0.3) is 0 Å². The topological polar surface area (TPSA) is 118 Å². The summed E-state index contributed by atoms with van der Waals surface area (Å²) < 4.78 is 6.04. The Bertz CT molecular complexity index is 420. The van der Waals surface area contributed by atoms with E-state index in [2.05, 4.69) is 20.9 Å². The van der Waals surface area contributed by atoms with E-state index in [1.165, 1.54) is 11.8 Å². The van der Waals surface area contributed by atoms with Crippen molar-refractivity contribution in [2.45, 2.75) is 13.0 Å². The fourth-order valence-electron chi connectivity index (χ4n) is 1.27. The summed E-state index contributed by atoms with van der Waals surface area (Å²) >= 11 is 0. The minimum absolute atomic E-state index is 0.0349. The Balaban J connectivity index is 2.31. The molecule has 0 saturated heterocycles. The van der Waals surface area contributed by atoms with Crippen LogP contribution >= 0.6 is 0 Å². The van der Waals surface area contributed by atoms with E-state index in [1.54, 1.807) is 6.20 Å². The van der Waals surface area contributed by atoms with Gasteiger partial charge in [-0.3, -0.25) is 10.1 Å². The third kappa shape index (κ3) is 5.93. The Morgan fingerprint density at radius 2 is 2.32 bits per heavy atom. The number of nitrogens with one attached hydrogen (secondary N) is 2. The number of urea groups is 1. The molecule has 0 saturated carbocycles. The molecule has 106 valence electrons. The molecule has 0 atom stereocenters. The van der Waals surface area contributed by atoms with Gasteiger partial charge in [-0.15, -0.1) is 5.10 Å². The molecule has 3 N–H and O–H groups in total. The molecule has 0 bridgehead atoms. The van der Waals surface area contributed by atoms with Crippen molar-refractivity contribution in [1.82, 2.24) is 25.6 Å². The van der Waals surface area contributed by atoms with Crippen molar-refractivity contribution in [2.75, 3.05) is 26.9 Å². The van der Waals surface area contributed by atoms with E-state index in [-0.39, 0.29) is 13.2 Å². The van der Waals surface area contributed by atoms with Gasteiger partial charge in [-0.05, 0) is 0 Å². The molecule has 1 aromatic rings. The van der Waals surface area contributed by atoms with Crippen molar-refractivity contribution in [3.8, 4) is 0 Å². The van der Waals surface area contributed by atoms with Gasteiger partial charge in [0.2, 0.25) is 5.91 Å². The van der Waals surface area contributed by atoms with Crippen molar-refractivity contribution >= 4 is 11.9 Å². The molecular weight excluding hydrogens is 254 g/mol. The zero-order valence-corrected chi connectivity index (χ0v) is 10.6. The van der Waals surface area contributed by atoms with Crippen LogP contribution in [0.15, 0.2) is 6.20 Å². The monoisotopic (exact) mass is 271 g/mol. The van der Waals surface area contributed by atoms with Crippen molar-refractivity contribution in [3.05, 3.63) is 11.9 Å². The maximum absolute atomic E-state index is 11.5. The number of aliphatic hydroxyl groups excluding tert-OH is 1. The van der Waals surface area contributed by atoms with Crippen molar-refractivity contribution in [2.24, 2.45) is 0 Å². The number of rotatable bonds is 7. The first-order chi connectivity index (χ1) is 9.15. The molecule has 3 amide bonds. The van der Waals surface area contributed by atoms with Crippen LogP contribution in [0.4, 0.5) is 4.79 Å². The standard InChI is InChI=1S/C10H17N5O4/c1-19-5-3-11-10(18)12-9(17)7-15-6-8(2-4-16)13-14-15/h6,16H,2-5,7H2,1H3,(H2,11,12,17,18). The minimum Gasteiger partial charge on any atom is -0.396 e. The molecule has 1 rings (SSSR count). The molecule has 0 aliphatic heterocycles. The highest BCUT2D eigenvalue weighted by atomic mass is 16.5. The lowest BCUT2D eigenvalue weighted by atomic mass is 10.3. The number of hydrogen-bond acceptors (Lipinski definition) is 6. The number of methoxy groups -OCH3 is 1. The van der Waals surface area contributed by atoms with Gasteiger partial charge in [0.05, 0.1) is 12.3 Å². The van der Waals surface area contributed by atoms with Crippen LogP contribution in [0.3, 0.4) is 0 Å². The summed E-state index contributed by atoms with van der Waals surface area (Å²) in [6, 6.07) is -0.585. The van der Waals surface area contributed by atoms with Crippen LogP contribution in [0.5, 0.6) is 0 Å². The first kappa shape index (κ1) is 15.1. The van der Waals surface area contributed by atoms with Gasteiger partial charge in [0, 0.05) is 32.9 Å². The number of carbonyl (C=O) groups excluding carboxylic acids is 2. The molecule has 0 aliphatic rings. The van der Waals surface area contributed by atoms with Gasteiger partial charge in [-0.2, -0.15) is 0 Å². The average molecular weight is 271 g/mol. The van der Waals surface area contributed by atoms with Gasteiger partial charge in [-0.1, -0.05) is 5.21 Å². The zero-order chi connectivity index (χ0) is 14.1. The summed E-state index contributed by atoms with van der Waals surface area (Å²) in [5, 5.41) is 20.8. The molecule has 0 aromatic carbocycles. The Labute approximate surface area is 109 Å². The van der Waals surface area contributed by atoms with Gasteiger partial charge in [0.25, 0.3) is 0 Å². The van der Waals surface area contributed by atoms with E-state index in [1.807, 2.05) is 0 Å². The number of carbonyl (C=O) groups is 2. The van der Waals surface area contributed by atoms with Crippen LogP contribution in [-0.4, -0.2) is 58.9 Å². The van der Waals surface area contributed by atoms with Crippen LogP contribution in [-0.2, 0) is 22.5 Å². The molecule has 1 heterocycles. The predicted molar refractivity (Wildman–Crippen MR) is 64.2 cm³/mol. The van der Waals surface area contributed by atoms with Crippen LogP contribution in [0.1, 0.15) is 5.69 Å². The molecule has 9 heteroatoms. The van der Waals surface area contributed by atoms with Crippen LogP contribution in [0.2, 0.25) is 0 Å². The van der Waals surface area contributed by atoms with Gasteiger partial charge in [-0.25, -0.2) is 9.48 Å². The van der Waals surface area contributed by atoms with Crippen molar-refractivity contribution in [1.29, 1.82) is 0 Å². The molecule has 0 aliphatic carbocycles. The van der Waals surface area contributed by atoms with E-state index in [0.29, 0.717) is 25.3 Å². The summed E-state index contributed by atoms with van der Waals surface area (Å²) in [5.41, 5.74) is 0.583. The number of nitrogens with zero attached hydrogens (tertiary/aromatic N) is 3. The molecular formula is C10H17N5O4. The highest BCUT2D eigenvalue weighted by Crippen LogP contribution is 1.93. The highest BCUT2D eigenvalue weighted by molar-refractivity contribution is 5.94. The number of aromatic nitrogens is 3. The molecule has 0 fully saturated rings. The lowest BCUT2D eigenvalue weighted by molar-refractivity contribution is -0.120. The molecule has 9 nitrogen and oxygen atoms in total. The zero-order valence-electron chi connectivity index (χ0n) is 10.6. The van der Waals surface area contributed by atoms with Crippen molar-refractivity contribution in [3.63, 3.8) is 0 Å². The number of aliphatic hydroxyl groups is 1. The number of imide groups is 1. The van der Waals surface area contributed by atoms with Gasteiger partial charge in [0.15, 0.2) is 0 Å². The summed E-state index contributed by atoms with van der Waals surface area (Å²) in [5.74, 6) is -0.504. The first-order valence-electron chi connectivity index (χ1n) is 5.72. The molecule has 19 heavy (non-hydrogen) atoms. The second-order valence-electron chi connectivity index (χ2n) is 3.68. The summed E-state index contributed by atoms with van der Waals surface area (Å²) in [6.45, 7) is 0.539. The number of hydrogen-bond donors (Lipinski definition) is 3. The van der Waals surface area contributed by atoms with E-state index in [9.17, 15) is 9.59 Å². The lowest BCUT2D eigenvalue weighted by Gasteiger charge is -2.05. The highest BCUT2D eigenvalue weighted by Gasteiger charge is 2.09. The maximum Gasteiger partial charge on any atom is 0.321 e. The fourth-order valence-corrected chi connectivity index (χ4v) is 1.27. The van der Waals surface area contributed by atoms with Gasteiger partial charge >= 0.3 is 6.03 Å². The SMILES string of the molecule is COCCNC(=O)NC(=O)Cn1cc(CCO)nn1. The molecule has 0 spiro atoms.